The first-order valence-electron chi connectivity index (χ1n) is 10.5. The molecular weight excluding hydrogens is 474 g/mol. The molecule has 3 heterocycles. The molecule has 0 aliphatic carbocycles. The number of anilines is 1. The van der Waals surface area contributed by atoms with Crippen LogP contribution in [0.1, 0.15) is 5.56 Å². The molecule has 0 unspecified atom stereocenters. The lowest BCUT2D eigenvalue weighted by molar-refractivity contribution is -0.113. The van der Waals surface area contributed by atoms with Gasteiger partial charge in [-0.25, -0.2) is 4.68 Å². The topological polar surface area (TPSA) is 127 Å². The number of amides is 1. The van der Waals surface area contributed by atoms with Crippen molar-refractivity contribution in [3.8, 4) is 28.7 Å². The molecule has 0 bridgehead atoms. The lowest BCUT2D eigenvalue weighted by Gasteiger charge is -2.11. The van der Waals surface area contributed by atoms with Crippen molar-refractivity contribution in [3.05, 3.63) is 54.2 Å². The van der Waals surface area contributed by atoms with E-state index in [4.69, 9.17) is 18.9 Å². The summed E-state index contributed by atoms with van der Waals surface area (Å²) in [5, 5.41) is 19.5. The highest BCUT2D eigenvalue weighted by atomic mass is 32.2. The Morgan fingerprint density at radius 1 is 1.11 bits per heavy atom. The van der Waals surface area contributed by atoms with Crippen LogP contribution in [0.25, 0.3) is 5.69 Å². The minimum atomic E-state index is -0.223. The SMILES string of the molecule is COc1ccc(-n2nnnc2SCC(=O)Nc2ccnn2Cc2ccc3c(c2)OCO3)c(OC)c1. The molecular formula is C22H21N7O5S. The largest absolute Gasteiger partial charge is 0.497 e. The van der Waals surface area contributed by atoms with Crippen molar-refractivity contribution < 1.29 is 23.7 Å². The quantitative estimate of drug-likeness (QED) is 0.346. The summed E-state index contributed by atoms with van der Waals surface area (Å²) in [6.45, 7) is 0.677. The van der Waals surface area contributed by atoms with Gasteiger partial charge in [-0.1, -0.05) is 17.8 Å². The van der Waals surface area contributed by atoms with Crippen LogP contribution in [0, 0.1) is 0 Å². The standard InChI is InChI=1S/C22H21N7O5S/c1-31-15-4-5-16(18(10-15)32-2)29-22(25-26-27-29)35-12-21(30)24-20-7-8-23-28(20)11-14-3-6-17-19(9-14)34-13-33-17/h3-10H,11-13H2,1-2H3,(H,24,30). The molecule has 0 atom stereocenters. The normalized spacial score (nSPS) is 11.9. The number of benzene rings is 2. The maximum atomic E-state index is 12.7. The fraction of sp³-hybridized carbons (Fsp3) is 0.227. The van der Waals surface area contributed by atoms with Crippen LogP contribution in [0.5, 0.6) is 23.0 Å². The molecule has 1 aliphatic heterocycles. The third kappa shape index (κ3) is 4.84. The maximum absolute atomic E-state index is 12.7. The Labute approximate surface area is 204 Å². The zero-order chi connectivity index (χ0) is 24.2. The molecule has 35 heavy (non-hydrogen) atoms. The number of nitrogens with one attached hydrogen (secondary N) is 1. The van der Waals surface area contributed by atoms with E-state index in [1.54, 1.807) is 49.4 Å². The summed E-state index contributed by atoms with van der Waals surface area (Å²) < 4.78 is 24.7. The predicted octanol–water partition coefficient (Wildman–Crippen LogP) is 2.38. The Morgan fingerprint density at radius 2 is 2.00 bits per heavy atom. The first-order chi connectivity index (χ1) is 17.1. The van der Waals surface area contributed by atoms with Gasteiger partial charge >= 0.3 is 0 Å². The Balaban J connectivity index is 1.23. The molecule has 2 aromatic carbocycles. The van der Waals surface area contributed by atoms with E-state index < -0.39 is 0 Å². The number of thioether (sulfide) groups is 1. The number of fused-ring (bicyclic) bond motifs is 1. The number of carbonyl (C=O) groups is 1. The monoisotopic (exact) mass is 495 g/mol. The Kier molecular flexibility index (Phi) is 6.39. The summed E-state index contributed by atoms with van der Waals surface area (Å²) in [4.78, 5) is 12.7. The molecule has 12 nitrogen and oxygen atoms in total. The van der Waals surface area contributed by atoms with Crippen molar-refractivity contribution in [2.45, 2.75) is 11.7 Å². The van der Waals surface area contributed by atoms with E-state index >= 15 is 0 Å². The molecule has 13 heteroatoms. The maximum Gasteiger partial charge on any atom is 0.235 e. The van der Waals surface area contributed by atoms with Gasteiger partial charge in [0.2, 0.25) is 17.9 Å². The molecule has 180 valence electrons. The van der Waals surface area contributed by atoms with Gasteiger partial charge in [0.15, 0.2) is 11.5 Å². The van der Waals surface area contributed by atoms with Crippen molar-refractivity contribution in [1.29, 1.82) is 0 Å². The van der Waals surface area contributed by atoms with E-state index in [2.05, 4.69) is 25.9 Å². The average Bonchev–Trinajstić information content (AvgIpc) is 3.63. The highest BCUT2D eigenvalue weighted by molar-refractivity contribution is 7.99. The predicted molar refractivity (Wildman–Crippen MR) is 126 cm³/mol. The van der Waals surface area contributed by atoms with Crippen molar-refractivity contribution >= 4 is 23.5 Å². The first-order valence-corrected chi connectivity index (χ1v) is 11.5. The summed E-state index contributed by atoms with van der Waals surface area (Å²) >= 11 is 1.20. The number of aromatic nitrogens is 6. The van der Waals surface area contributed by atoms with E-state index in [9.17, 15) is 4.79 Å². The summed E-state index contributed by atoms with van der Waals surface area (Å²) in [6, 6.07) is 12.7. The summed E-state index contributed by atoms with van der Waals surface area (Å²) in [5.41, 5.74) is 1.60. The molecule has 5 rings (SSSR count). The van der Waals surface area contributed by atoms with Crippen LogP contribution < -0.4 is 24.3 Å². The zero-order valence-corrected chi connectivity index (χ0v) is 19.7. The van der Waals surface area contributed by atoms with Crippen LogP contribution in [0.4, 0.5) is 5.82 Å². The van der Waals surface area contributed by atoms with Gasteiger partial charge in [-0.3, -0.25) is 4.79 Å². The zero-order valence-electron chi connectivity index (χ0n) is 18.9. The van der Waals surface area contributed by atoms with Crippen molar-refractivity contribution in [2.24, 2.45) is 0 Å². The number of rotatable bonds is 9. The van der Waals surface area contributed by atoms with Gasteiger partial charge in [-0.05, 0) is 40.3 Å². The second-order valence-electron chi connectivity index (χ2n) is 7.31. The molecule has 4 aromatic rings. The van der Waals surface area contributed by atoms with Crippen LogP contribution in [0.15, 0.2) is 53.8 Å². The average molecular weight is 496 g/mol. The second kappa shape index (κ2) is 9.93. The molecule has 0 spiro atoms. The third-order valence-electron chi connectivity index (χ3n) is 5.14. The van der Waals surface area contributed by atoms with Gasteiger partial charge < -0.3 is 24.3 Å². The number of tetrazole rings is 1. The lowest BCUT2D eigenvalue weighted by atomic mass is 10.2. The molecule has 1 aliphatic rings. The van der Waals surface area contributed by atoms with Crippen LogP contribution in [0.3, 0.4) is 0 Å². The number of methoxy groups -OCH3 is 2. The Bertz CT molecular complexity index is 1360. The smallest absolute Gasteiger partial charge is 0.235 e. The molecule has 0 fully saturated rings. The minimum Gasteiger partial charge on any atom is -0.497 e. The molecule has 0 saturated heterocycles. The van der Waals surface area contributed by atoms with Crippen molar-refractivity contribution in [1.82, 2.24) is 30.0 Å². The van der Waals surface area contributed by atoms with Gasteiger partial charge in [-0.15, -0.1) is 5.10 Å². The van der Waals surface area contributed by atoms with E-state index in [-0.39, 0.29) is 18.5 Å². The van der Waals surface area contributed by atoms with Gasteiger partial charge in [0.1, 0.15) is 23.0 Å². The number of carbonyl (C=O) groups excluding carboxylic acids is 1. The van der Waals surface area contributed by atoms with Crippen molar-refractivity contribution in [3.63, 3.8) is 0 Å². The van der Waals surface area contributed by atoms with Gasteiger partial charge in [-0.2, -0.15) is 9.78 Å². The van der Waals surface area contributed by atoms with E-state index in [1.807, 2.05) is 18.2 Å². The lowest BCUT2D eigenvalue weighted by Crippen LogP contribution is -2.18. The van der Waals surface area contributed by atoms with Gasteiger partial charge in [0.05, 0.1) is 32.7 Å². The van der Waals surface area contributed by atoms with E-state index in [0.717, 1.165) is 11.3 Å². The summed E-state index contributed by atoms with van der Waals surface area (Å²) in [7, 11) is 3.13. The minimum absolute atomic E-state index is 0.0913. The fourth-order valence-electron chi connectivity index (χ4n) is 3.47. The van der Waals surface area contributed by atoms with E-state index in [0.29, 0.717) is 40.5 Å². The molecule has 2 aromatic heterocycles. The van der Waals surface area contributed by atoms with E-state index in [1.165, 1.54) is 16.4 Å². The number of ether oxygens (including phenoxy) is 4. The summed E-state index contributed by atoms with van der Waals surface area (Å²) in [5.74, 6) is 3.04. The highest BCUT2D eigenvalue weighted by Gasteiger charge is 2.17. The Hall–Kier alpha value is -4.26. The van der Waals surface area contributed by atoms with Crippen LogP contribution in [0.2, 0.25) is 0 Å². The van der Waals surface area contributed by atoms with Gasteiger partial charge in [0.25, 0.3) is 0 Å². The molecule has 1 N–H and O–H groups in total. The number of hydrogen-bond acceptors (Lipinski definition) is 10. The Morgan fingerprint density at radius 3 is 2.86 bits per heavy atom. The van der Waals surface area contributed by atoms with Crippen LogP contribution >= 0.6 is 11.8 Å². The summed E-state index contributed by atoms with van der Waals surface area (Å²) in [6.07, 6.45) is 1.63. The number of nitrogens with zero attached hydrogens (tertiary/aromatic N) is 6. The molecule has 1 amide bonds. The second-order valence-corrected chi connectivity index (χ2v) is 8.25. The van der Waals surface area contributed by atoms with Crippen LogP contribution in [-0.2, 0) is 11.3 Å². The first kappa shape index (κ1) is 22.5. The third-order valence-corrected chi connectivity index (χ3v) is 6.06. The highest BCUT2D eigenvalue weighted by Crippen LogP contribution is 2.33. The van der Waals surface area contributed by atoms with Crippen LogP contribution in [-0.4, -0.2) is 62.7 Å². The molecule has 0 saturated carbocycles. The van der Waals surface area contributed by atoms with Gasteiger partial charge in [0, 0.05) is 12.1 Å². The molecule has 0 radical (unpaired) electrons. The van der Waals surface area contributed by atoms with Crippen molar-refractivity contribution in [2.75, 3.05) is 32.1 Å². The fourth-order valence-corrected chi connectivity index (χ4v) is 4.15. The number of hydrogen-bond donors (Lipinski definition) is 1.